The molecule has 2 aromatic heterocycles. The number of aryl methyl sites for hydroxylation is 1. The standard InChI is InChI=1S/C8H11N3OP4/c1-5-10-7-2-3-9-4-6(7)8(12)11(5)16(14)15-13/h2-4,15H,13-14H2,1H3. The minimum absolute atomic E-state index is 0.00617. The smallest absolute Gasteiger partial charge is 0.266 e. The minimum Gasteiger partial charge on any atom is -0.268 e. The molecule has 4 nitrogen and oxygen atoms in total. The van der Waals surface area contributed by atoms with Crippen molar-refractivity contribution < 1.29 is 0 Å². The van der Waals surface area contributed by atoms with Crippen LogP contribution in [0.3, 0.4) is 0 Å². The minimum atomic E-state index is -0.567. The van der Waals surface area contributed by atoms with E-state index in [-0.39, 0.29) is 5.56 Å². The second kappa shape index (κ2) is 5.11. The maximum Gasteiger partial charge on any atom is 0.266 e. The van der Waals surface area contributed by atoms with Gasteiger partial charge in [-0.15, -0.1) is 8.93 Å². The summed E-state index contributed by atoms with van der Waals surface area (Å²) in [6, 6.07) is 1.77. The summed E-state index contributed by atoms with van der Waals surface area (Å²) in [5.41, 5.74) is 0.723. The average Bonchev–Trinajstić information content (AvgIpc) is 2.28. The molecule has 2 rings (SSSR count). The lowest BCUT2D eigenvalue weighted by atomic mass is 10.3. The van der Waals surface area contributed by atoms with Crippen LogP contribution in [0.1, 0.15) is 5.82 Å². The molecule has 0 aliphatic heterocycles. The van der Waals surface area contributed by atoms with Gasteiger partial charge in [-0.3, -0.25) is 14.1 Å². The Labute approximate surface area is 100 Å². The molecule has 8 heteroatoms. The number of nitrogens with zero attached hydrogens (tertiary/aromatic N) is 3. The summed E-state index contributed by atoms with van der Waals surface area (Å²) in [5.74, 6) is 0.764. The van der Waals surface area contributed by atoms with Gasteiger partial charge in [-0.2, -0.15) is 0 Å². The number of fused-ring (bicyclic) bond motifs is 1. The van der Waals surface area contributed by atoms with Gasteiger partial charge in [0.15, 0.2) is 0 Å². The van der Waals surface area contributed by atoms with Crippen molar-refractivity contribution in [3.63, 3.8) is 0 Å². The molecule has 0 aromatic carbocycles. The molecule has 0 bridgehead atoms. The summed E-state index contributed by atoms with van der Waals surface area (Å²) in [6.07, 6.45) is 3.24. The normalized spacial score (nSPS) is 13.7. The van der Waals surface area contributed by atoms with Crippen molar-refractivity contribution in [2.24, 2.45) is 0 Å². The quantitative estimate of drug-likeness (QED) is 0.798. The number of rotatable bonds is 2. The first-order chi connectivity index (χ1) is 7.65. The van der Waals surface area contributed by atoms with Crippen molar-refractivity contribution in [1.29, 1.82) is 0 Å². The van der Waals surface area contributed by atoms with E-state index in [1.54, 1.807) is 22.8 Å². The van der Waals surface area contributed by atoms with Crippen LogP contribution >= 0.6 is 33.3 Å². The first-order valence-corrected chi connectivity index (χ1v) is 11.1. The van der Waals surface area contributed by atoms with Gasteiger partial charge in [0.2, 0.25) is 0 Å². The van der Waals surface area contributed by atoms with Crippen LogP contribution in [-0.2, 0) is 0 Å². The van der Waals surface area contributed by atoms with Crippen LogP contribution in [0.25, 0.3) is 10.9 Å². The predicted molar refractivity (Wildman–Crippen MR) is 78.6 cm³/mol. The zero-order valence-electron chi connectivity index (χ0n) is 8.58. The van der Waals surface area contributed by atoms with Crippen LogP contribution in [0.15, 0.2) is 23.3 Å². The van der Waals surface area contributed by atoms with Crippen molar-refractivity contribution in [3.8, 4) is 0 Å². The van der Waals surface area contributed by atoms with Crippen molar-refractivity contribution in [2.75, 3.05) is 0 Å². The molecule has 0 spiro atoms. The van der Waals surface area contributed by atoms with E-state index in [4.69, 9.17) is 0 Å². The Bertz CT molecular complexity index is 585. The van der Waals surface area contributed by atoms with Gasteiger partial charge >= 0.3 is 0 Å². The molecule has 4 unspecified atom stereocenters. The van der Waals surface area contributed by atoms with Crippen LogP contribution in [0.5, 0.6) is 0 Å². The molecule has 0 fully saturated rings. The average molecular weight is 289 g/mol. The van der Waals surface area contributed by atoms with E-state index in [0.29, 0.717) is 18.9 Å². The lowest BCUT2D eigenvalue weighted by molar-refractivity contribution is 0.995. The summed E-state index contributed by atoms with van der Waals surface area (Å²) in [7, 11) is 5.46. The zero-order chi connectivity index (χ0) is 11.7. The summed E-state index contributed by atoms with van der Waals surface area (Å²) in [5, 5.41) is 0.589. The topological polar surface area (TPSA) is 47.8 Å². The molecular weight excluding hydrogens is 278 g/mol. The van der Waals surface area contributed by atoms with Crippen LogP contribution in [0, 0.1) is 6.92 Å². The number of aromatic nitrogens is 3. The molecule has 0 aliphatic rings. The Balaban J connectivity index is 2.81. The van der Waals surface area contributed by atoms with E-state index in [9.17, 15) is 4.79 Å². The van der Waals surface area contributed by atoms with E-state index >= 15 is 0 Å². The van der Waals surface area contributed by atoms with E-state index in [1.807, 2.05) is 6.92 Å². The van der Waals surface area contributed by atoms with E-state index in [1.165, 1.54) is 0 Å². The molecule has 0 saturated heterocycles. The molecule has 16 heavy (non-hydrogen) atoms. The monoisotopic (exact) mass is 289 g/mol. The summed E-state index contributed by atoms with van der Waals surface area (Å²) >= 11 is 0. The van der Waals surface area contributed by atoms with Gasteiger partial charge in [-0.25, -0.2) is 4.98 Å². The van der Waals surface area contributed by atoms with Gasteiger partial charge in [-0.05, 0) is 13.0 Å². The fraction of sp³-hybridized carbons (Fsp3) is 0.125. The Morgan fingerprint density at radius 3 is 3.00 bits per heavy atom. The molecule has 0 amide bonds. The van der Waals surface area contributed by atoms with Crippen molar-refractivity contribution >= 4 is 44.2 Å². The lowest BCUT2D eigenvalue weighted by Gasteiger charge is -2.15. The fourth-order valence-electron chi connectivity index (χ4n) is 1.44. The van der Waals surface area contributed by atoms with Crippen molar-refractivity contribution in [3.05, 3.63) is 34.6 Å². The molecule has 4 atom stereocenters. The van der Waals surface area contributed by atoms with Crippen molar-refractivity contribution in [1.82, 2.24) is 14.3 Å². The maximum absolute atomic E-state index is 12.2. The fourth-order valence-corrected chi connectivity index (χ4v) is 5.13. The molecule has 0 radical (unpaired) electrons. The molecule has 84 valence electrons. The second-order valence-corrected chi connectivity index (χ2v) is 12.0. The predicted octanol–water partition coefficient (Wildman–Crippen LogP) is 2.52. The second-order valence-electron chi connectivity index (χ2n) is 3.14. The van der Waals surface area contributed by atoms with Crippen LogP contribution in [0.4, 0.5) is 0 Å². The Kier molecular flexibility index (Phi) is 3.98. The third-order valence-electron chi connectivity index (χ3n) is 2.16. The zero-order valence-corrected chi connectivity index (χ0v) is 12.8. The number of hydrogen-bond acceptors (Lipinski definition) is 3. The van der Waals surface area contributed by atoms with Gasteiger partial charge < -0.3 is 0 Å². The van der Waals surface area contributed by atoms with Crippen LogP contribution in [0.2, 0.25) is 0 Å². The SMILES string of the molecule is Cc1nc2ccncc2c(=O)n1P(P)PP. The number of hydrogen-bond donors (Lipinski definition) is 0. The van der Waals surface area contributed by atoms with E-state index < -0.39 is 7.45 Å². The Morgan fingerprint density at radius 2 is 2.31 bits per heavy atom. The summed E-state index contributed by atoms with van der Waals surface area (Å²) < 4.78 is 1.76. The Morgan fingerprint density at radius 1 is 1.56 bits per heavy atom. The van der Waals surface area contributed by atoms with Gasteiger partial charge in [-0.1, -0.05) is 16.9 Å². The van der Waals surface area contributed by atoms with Gasteiger partial charge in [0.25, 0.3) is 5.56 Å². The number of pyridine rings is 1. The van der Waals surface area contributed by atoms with Crippen LogP contribution < -0.4 is 5.56 Å². The van der Waals surface area contributed by atoms with Crippen LogP contribution in [-0.4, -0.2) is 14.3 Å². The first kappa shape index (κ1) is 12.5. The van der Waals surface area contributed by atoms with Gasteiger partial charge in [0.1, 0.15) is 5.82 Å². The lowest BCUT2D eigenvalue weighted by Crippen LogP contribution is -2.18. The molecule has 0 aliphatic carbocycles. The van der Waals surface area contributed by atoms with E-state index in [2.05, 4.69) is 27.8 Å². The highest BCUT2D eigenvalue weighted by Crippen LogP contribution is 2.66. The molecule has 0 N–H and O–H groups in total. The summed E-state index contributed by atoms with van der Waals surface area (Å²) in [4.78, 5) is 20.6. The Hall–Kier alpha value is 0.01000. The maximum atomic E-state index is 12.2. The van der Waals surface area contributed by atoms with Crippen molar-refractivity contribution in [2.45, 2.75) is 6.92 Å². The summed E-state index contributed by atoms with van der Waals surface area (Å²) in [6.45, 7) is 1.87. The molecule has 0 saturated carbocycles. The van der Waals surface area contributed by atoms with Gasteiger partial charge in [0, 0.05) is 19.8 Å². The third kappa shape index (κ3) is 2.18. The van der Waals surface area contributed by atoms with E-state index in [0.717, 1.165) is 5.82 Å². The van der Waals surface area contributed by atoms with Gasteiger partial charge in [0.05, 0.1) is 10.9 Å². The first-order valence-electron chi connectivity index (χ1n) is 4.50. The highest BCUT2D eigenvalue weighted by molar-refractivity contribution is 8.60. The highest BCUT2D eigenvalue weighted by atomic mass is 32.6. The molecule has 2 heterocycles. The largest absolute Gasteiger partial charge is 0.268 e. The highest BCUT2D eigenvalue weighted by Gasteiger charge is 2.12. The third-order valence-corrected chi connectivity index (χ3v) is 11.8. The molecular formula is C8H11N3OP4. The molecule has 2 aromatic rings.